The van der Waals surface area contributed by atoms with Crippen molar-refractivity contribution < 1.29 is 8.42 Å². The van der Waals surface area contributed by atoms with Crippen LogP contribution in [0.3, 0.4) is 0 Å². The van der Waals surface area contributed by atoms with Crippen molar-refractivity contribution in [2.45, 2.75) is 11.8 Å². The van der Waals surface area contributed by atoms with Crippen LogP contribution in [0.25, 0.3) is 0 Å². The minimum absolute atomic E-state index is 0.187. The lowest BCUT2D eigenvalue weighted by Gasteiger charge is -2.19. The van der Waals surface area contributed by atoms with Crippen molar-refractivity contribution in [2.24, 2.45) is 10.3 Å². The molecule has 18 heavy (non-hydrogen) atoms. The molecule has 0 bridgehead atoms. The summed E-state index contributed by atoms with van der Waals surface area (Å²) in [4.78, 5) is 1.94. The van der Waals surface area contributed by atoms with Gasteiger partial charge in [0.25, 0.3) is 10.0 Å². The molecule has 1 aromatic rings. The van der Waals surface area contributed by atoms with Crippen LogP contribution in [-0.2, 0) is 10.0 Å². The third-order valence-corrected chi connectivity index (χ3v) is 4.07. The number of nitriles is 1. The smallest absolute Gasteiger partial charge is 0.285 e. The largest absolute Gasteiger partial charge is 0.357 e. The van der Waals surface area contributed by atoms with Crippen molar-refractivity contribution in [1.29, 1.82) is 5.26 Å². The Bertz CT molecular complexity index is 644. The van der Waals surface area contributed by atoms with Gasteiger partial charge >= 0.3 is 0 Å². The van der Waals surface area contributed by atoms with Gasteiger partial charge in [0.1, 0.15) is 4.90 Å². The van der Waals surface area contributed by atoms with Crippen LogP contribution in [0.15, 0.2) is 33.6 Å². The first kappa shape index (κ1) is 12.6. The van der Waals surface area contributed by atoms with Crippen LogP contribution in [-0.4, -0.2) is 32.7 Å². The molecule has 0 N–H and O–H groups in total. The van der Waals surface area contributed by atoms with Gasteiger partial charge in [0, 0.05) is 19.2 Å². The van der Waals surface area contributed by atoms with Gasteiger partial charge in [-0.3, -0.25) is 0 Å². The van der Waals surface area contributed by atoms with Crippen molar-refractivity contribution >= 4 is 15.9 Å². The number of fused-ring (bicyclic) bond motifs is 1. The van der Waals surface area contributed by atoms with E-state index in [9.17, 15) is 8.42 Å². The van der Waals surface area contributed by atoms with Crippen molar-refractivity contribution in [3.8, 4) is 6.07 Å². The highest BCUT2D eigenvalue weighted by molar-refractivity contribution is 7.90. The van der Waals surface area contributed by atoms with Gasteiger partial charge in [0.05, 0.1) is 12.0 Å². The minimum Gasteiger partial charge on any atom is -0.357 e. The SMILES string of the molecule is CC(C#N)CN(C)C1=NS(=O)(=O)c2ccccc21. The number of hydrogen-bond acceptors (Lipinski definition) is 4. The van der Waals surface area contributed by atoms with E-state index in [0.29, 0.717) is 17.9 Å². The number of rotatable bonds is 2. The Morgan fingerprint density at radius 2 is 2.11 bits per heavy atom. The summed E-state index contributed by atoms with van der Waals surface area (Å²) in [5.41, 5.74) is 0.602. The molecule has 1 aromatic carbocycles. The Morgan fingerprint density at radius 1 is 1.44 bits per heavy atom. The molecule has 1 unspecified atom stereocenters. The van der Waals surface area contributed by atoms with E-state index in [0.717, 1.165) is 0 Å². The molecule has 5 nitrogen and oxygen atoms in total. The molecular weight excluding hydrogens is 250 g/mol. The number of nitrogens with zero attached hydrogens (tertiary/aromatic N) is 3. The van der Waals surface area contributed by atoms with Crippen LogP contribution in [0, 0.1) is 17.2 Å². The third-order valence-electron chi connectivity index (χ3n) is 2.74. The first-order valence-electron chi connectivity index (χ1n) is 5.51. The molecule has 1 aliphatic heterocycles. The number of benzene rings is 1. The third kappa shape index (κ3) is 2.09. The molecule has 0 spiro atoms. The molecule has 1 heterocycles. The maximum Gasteiger partial charge on any atom is 0.285 e. The Labute approximate surface area is 106 Å². The molecule has 1 aliphatic rings. The lowest BCUT2D eigenvalue weighted by Crippen LogP contribution is -2.30. The van der Waals surface area contributed by atoms with Gasteiger partial charge < -0.3 is 4.90 Å². The molecular formula is C12H13N3O2S. The van der Waals surface area contributed by atoms with E-state index in [1.54, 1.807) is 43.1 Å². The zero-order valence-electron chi connectivity index (χ0n) is 10.2. The summed E-state index contributed by atoms with van der Waals surface area (Å²) in [6.45, 7) is 2.23. The Kier molecular flexibility index (Phi) is 3.09. The summed E-state index contributed by atoms with van der Waals surface area (Å²) in [6, 6.07) is 8.84. The number of hydrogen-bond donors (Lipinski definition) is 0. The number of sulfonamides is 1. The summed E-state index contributed by atoms with van der Waals surface area (Å²) in [5.74, 6) is 0.223. The fraction of sp³-hybridized carbons (Fsp3) is 0.333. The fourth-order valence-electron chi connectivity index (χ4n) is 1.90. The van der Waals surface area contributed by atoms with Crippen LogP contribution in [0.4, 0.5) is 0 Å². The van der Waals surface area contributed by atoms with Gasteiger partial charge in [-0.1, -0.05) is 12.1 Å². The molecule has 0 aliphatic carbocycles. The van der Waals surface area contributed by atoms with Crippen LogP contribution in [0.5, 0.6) is 0 Å². The highest BCUT2D eigenvalue weighted by Crippen LogP contribution is 2.27. The predicted octanol–water partition coefficient (Wildman–Crippen LogP) is 1.23. The summed E-state index contributed by atoms with van der Waals surface area (Å²) in [7, 11) is -1.84. The van der Waals surface area contributed by atoms with E-state index < -0.39 is 10.0 Å². The summed E-state index contributed by atoms with van der Waals surface area (Å²) < 4.78 is 27.5. The van der Waals surface area contributed by atoms with Crippen LogP contribution in [0.2, 0.25) is 0 Å². The molecule has 0 fully saturated rings. The van der Waals surface area contributed by atoms with E-state index >= 15 is 0 Å². The van der Waals surface area contributed by atoms with Crippen molar-refractivity contribution in [3.63, 3.8) is 0 Å². The zero-order chi connectivity index (χ0) is 13.3. The summed E-state index contributed by atoms with van der Waals surface area (Å²) in [5, 5.41) is 8.79. The topological polar surface area (TPSA) is 73.5 Å². The lowest BCUT2D eigenvalue weighted by molar-refractivity contribution is 0.456. The van der Waals surface area contributed by atoms with E-state index in [1.165, 1.54) is 0 Å². The Morgan fingerprint density at radius 3 is 2.78 bits per heavy atom. The second-order valence-electron chi connectivity index (χ2n) is 4.30. The van der Waals surface area contributed by atoms with Crippen molar-refractivity contribution in [2.75, 3.05) is 13.6 Å². The molecule has 0 aromatic heterocycles. The second kappa shape index (κ2) is 4.42. The molecule has 1 atom stereocenters. The molecule has 0 saturated heterocycles. The van der Waals surface area contributed by atoms with E-state index in [-0.39, 0.29) is 10.8 Å². The molecule has 94 valence electrons. The van der Waals surface area contributed by atoms with E-state index in [4.69, 9.17) is 5.26 Å². The van der Waals surface area contributed by atoms with Crippen LogP contribution >= 0.6 is 0 Å². The fourth-order valence-corrected chi connectivity index (χ4v) is 3.15. The normalized spacial score (nSPS) is 17.5. The monoisotopic (exact) mass is 263 g/mol. The van der Waals surface area contributed by atoms with Gasteiger partial charge in [-0.15, -0.1) is 4.40 Å². The Hall–Kier alpha value is -1.87. The summed E-state index contributed by atoms with van der Waals surface area (Å²) in [6.07, 6.45) is 0. The highest BCUT2D eigenvalue weighted by atomic mass is 32.2. The molecule has 0 amide bonds. The lowest BCUT2D eigenvalue weighted by atomic mass is 10.1. The first-order valence-corrected chi connectivity index (χ1v) is 6.95. The first-order chi connectivity index (χ1) is 8.45. The molecule has 0 saturated carbocycles. The maximum atomic E-state index is 11.8. The maximum absolute atomic E-state index is 11.8. The van der Waals surface area contributed by atoms with Crippen molar-refractivity contribution in [3.05, 3.63) is 29.8 Å². The number of amidine groups is 1. The molecule has 0 radical (unpaired) electrons. The minimum atomic E-state index is -3.58. The van der Waals surface area contributed by atoms with Crippen LogP contribution < -0.4 is 0 Å². The van der Waals surface area contributed by atoms with Gasteiger partial charge in [-0.25, -0.2) is 0 Å². The predicted molar refractivity (Wildman–Crippen MR) is 67.6 cm³/mol. The molecule has 6 heteroatoms. The molecule has 2 rings (SSSR count). The second-order valence-corrected chi connectivity index (χ2v) is 5.87. The van der Waals surface area contributed by atoms with Gasteiger partial charge in [-0.2, -0.15) is 13.7 Å². The highest BCUT2D eigenvalue weighted by Gasteiger charge is 2.30. The standard InChI is InChI=1S/C12H13N3O2S/c1-9(7-13)8-15(2)12-10-5-3-4-6-11(10)18(16,17)14-12/h3-6,9H,8H2,1-2H3. The van der Waals surface area contributed by atoms with Crippen LogP contribution in [0.1, 0.15) is 12.5 Å². The average molecular weight is 263 g/mol. The average Bonchev–Trinajstić information content (AvgIpc) is 2.62. The zero-order valence-corrected chi connectivity index (χ0v) is 11.0. The Balaban J connectivity index is 2.40. The van der Waals surface area contributed by atoms with Crippen molar-refractivity contribution in [1.82, 2.24) is 4.90 Å². The van der Waals surface area contributed by atoms with E-state index in [2.05, 4.69) is 10.5 Å². The van der Waals surface area contributed by atoms with E-state index in [1.807, 2.05) is 0 Å². The quantitative estimate of drug-likeness (QED) is 0.804. The van der Waals surface area contributed by atoms with Gasteiger partial charge in [0.2, 0.25) is 0 Å². The van der Waals surface area contributed by atoms with Gasteiger partial charge in [0.15, 0.2) is 5.84 Å². The summed E-state index contributed by atoms with van der Waals surface area (Å²) >= 11 is 0. The van der Waals surface area contributed by atoms with Gasteiger partial charge in [-0.05, 0) is 19.1 Å².